The Morgan fingerprint density at radius 1 is 0.880 bits per heavy atom. The average molecular weight is 608 g/mol. The third-order valence-electron chi connectivity index (χ3n) is 3.18. The zero-order valence-corrected chi connectivity index (χ0v) is 18.1. The van der Waals surface area contributed by atoms with Crippen molar-refractivity contribution in [3.63, 3.8) is 0 Å². The molecule has 0 aromatic heterocycles. The van der Waals surface area contributed by atoms with Crippen molar-refractivity contribution in [3.05, 3.63) is 6.42 Å². The van der Waals surface area contributed by atoms with Gasteiger partial charge in [0.05, 0.1) is 39.6 Å². The van der Waals surface area contributed by atoms with Crippen molar-refractivity contribution >= 4 is 5.91 Å². The number of carbonyl (C=O) groups is 1. The topological polar surface area (TPSA) is 66.0 Å². The number of amides is 1. The number of carbonyl (C=O) groups excluding carboxylic acids is 1. The van der Waals surface area contributed by atoms with Crippen LogP contribution in [0.25, 0.3) is 0 Å². The molecule has 1 radical (unpaired) electrons. The molecule has 0 spiro atoms. The molecule has 0 fully saturated rings. The molecule has 0 aliphatic rings. The number of hydrogen-bond donors (Lipinski definition) is 1. The van der Waals surface area contributed by atoms with Crippen LogP contribution in [0.15, 0.2) is 0 Å². The molecule has 0 bridgehead atoms. The largest absolute Gasteiger partial charge is 0.382 e. The average Bonchev–Trinajstić information content (AvgIpc) is 2.55. The first-order valence-corrected chi connectivity index (χ1v) is 9.02. The maximum Gasteiger partial charge on any atom is 0.222 e. The molecule has 1 amide bonds. The minimum Gasteiger partial charge on any atom is -0.382 e. The summed E-state index contributed by atoms with van der Waals surface area (Å²) in [5, 5.41) is 2.80. The summed E-state index contributed by atoms with van der Waals surface area (Å²) in [5.41, 5.74) is 0. The van der Waals surface area contributed by atoms with Gasteiger partial charge < -0.3 is 30.7 Å². The zero-order valence-electron chi connectivity index (χ0n) is 15.9. The predicted octanol–water partition coefficient (Wildman–Crippen LogP) is 2.22. The normalized spacial score (nSPS) is 10.7. The van der Waals surface area contributed by atoms with Crippen molar-refractivity contribution in [2.75, 3.05) is 59.4 Å². The molecule has 0 unspecified atom stereocenters. The summed E-state index contributed by atoms with van der Waals surface area (Å²) in [4.78, 5) is 11.5. The van der Waals surface area contributed by atoms with E-state index in [9.17, 15) is 4.79 Å². The summed E-state index contributed by atoms with van der Waals surface area (Å²) in [6, 6.07) is 0. The molecule has 25 heavy (non-hydrogen) atoms. The molecule has 6 nitrogen and oxygen atoms in total. The second-order valence-electron chi connectivity index (χ2n) is 5.93. The van der Waals surface area contributed by atoms with Crippen LogP contribution in [0.4, 0.5) is 0 Å². The molecule has 0 atom stereocenters. The van der Waals surface area contributed by atoms with Crippen molar-refractivity contribution in [2.24, 2.45) is 5.92 Å². The number of unbranched alkanes of at least 4 members (excludes halogenated alkanes) is 1. The third-order valence-corrected chi connectivity index (χ3v) is 3.18. The van der Waals surface area contributed by atoms with Gasteiger partial charge in [0, 0.05) is 26.2 Å². The second-order valence-corrected chi connectivity index (χ2v) is 5.93. The van der Waals surface area contributed by atoms with Crippen molar-refractivity contribution in [1.29, 1.82) is 0 Å². The molecule has 0 saturated carbocycles. The quantitative estimate of drug-likeness (QED) is 0.191. The Kier molecular flexibility index (Phi) is 20.8. The van der Waals surface area contributed by atoms with Gasteiger partial charge in [0.15, 0.2) is 0 Å². The van der Waals surface area contributed by atoms with Gasteiger partial charge in [0.25, 0.3) is 0 Å². The molecule has 0 rings (SSSR count). The van der Waals surface area contributed by atoms with Gasteiger partial charge in [-0.25, -0.2) is 0 Å². The number of ether oxygens (including phenoxy) is 4. The van der Waals surface area contributed by atoms with E-state index in [1.165, 1.54) is 0 Å². The van der Waals surface area contributed by atoms with Crippen LogP contribution in [-0.2, 0) is 23.7 Å². The van der Waals surface area contributed by atoms with E-state index in [4.69, 9.17) is 18.9 Å². The Hall–Kier alpha value is -1.69. The van der Waals surface area contributed by atoms with E-state index in [2.05, 4.69) is 25.6 Å². The van der Waals surface area contributed by atoms with Crippen LogP contribution in [0.2, 0.25) is 0 Å². The van der Waals surface area contributed by atoms with E-state index in [-0.39, 0.29) is 5.91 Å². The van der Waals surface area contributed by atoms with Gasteiger partial charge in [-0.2, -0.15) is 13.3 Å². The van der Waals surface area contributed by atoms with Crippen molar-refractivity contribution < 1.29 is 23.7 Å². The number of rotatable bonds is 18. The molecule has 159 valence electrons. The molecule has 7 heteroatoms. The molecule has 0 aliphatic carbocycles. The van der Waals surface area contributed by atoms with Crippen molar-refractivity contribution in [1.82, 2.24) is 5.32 Å². The van der Waals surface area contributed by atoms with Crippen LogP contribution in [-0.4, -0.2) is 65.3 Å². The van der Waals surface area contributed by atoms with E-state index in [0.29, 0.717) is 65.1 Å². The SMILES string of the molecule is C[CH-]CCOCCNC(=O)CCOCCOCCOCCC(C)C.[Lr]. The standard InChI is InChI=1S/C18H36NO5.Lr/c1-4-5-9-21-12-8-19-18(20)7-11-23-14-16-24-15-13-22-10-6-17(2)3;/h4,17H,5-16H2,1-3H3,(H,19,20);/q-1;. The summed E-state index contributed by atoms with van der Waals surface area (Å²) >= 11 is 0. The molecule has 0 aliphatic heterocycles. The Balaban J connectivity index is 0. The third kappa shape index (κ3) is 22.3. The van der Waals surface area contributed by atoms with Crippen LogP contribution >= 0.6 is 0 Å². The zero-order chi connectivity index (χ0) is 17.9. The van der Waals surface area contributed by atoms with Crippen LogP contribution in [0.5, 0.6) is 0 Å². The first-order chi connectivity index (χ1) is 11.7. The fourth-order valence-corrected chi connectivity index (χ4v) is 1.68. The molecule has 0 aromatic carbocycles. The molecule has 0 aromatic rings. The maximum absolute atomic E-state index is 11.5. The van der Waals surface area contributed by atoms with E-state index in [0.717, 1.165) is 19.4 Å². The van der Waals surface area contributed by atoms with Crippen LogP contribution in [0, 0.1) is 12.3 Å². The Morgan fingerprint density at radius 2 is 1.44 bits per heavy atom. The van der Waals surface area contributed by atoms with Gasteiger partial charge in [0.1, 0.15) is 0 Å². The summed E-state index contributed by atoms with van der Waals surface area (Å²) in [6.45, 7) is 11.6. The minimum absolute atomic E-state index is 0. The molecular weight excluding hydrogens is 572 g/mol. The van der Waals surface area contributed by atoms with Gasteiger partial charge in [-0.15, -0.1) is 0 Å². The van der Waals surface area contributed by atoms with Gasteiger partial charge in [0.2, 0.25) is 5.91 Å². The molecular formula is C18H36LrNO5-. The van der Waals surface area contributed by atoms with E-state index in [1.807, 2.05) is 6.92 Å². The van der Waals surface area contributed by atoms with Gasteiger partial charge in [-0.05, 0) is 12.3 Å². The monoisotopic (exact) mass is 608 g/mol. The van der Waals surface area contributed by atoms with E-state index < -0.39 is 0 Å². The second kappa shape index (κ2) is 20.4. The first-order valence-electron chi connectivity index (χ1n) is 9.02. The van der Waals surface area contributed by atoms with Crippen LogP contribution in [0.3, 0.4) is 0 Å². The van der Waals surface area contributed by atoms with Crippen molar-refractivity contribution in [2.45, 2.75) is 40.0 Å². The number of nitrogens with one attached hydrogen (secondary N) is 1. The predicted molar refractivity (Wildman–Crippen MR) is 94.9 cm³/mol. The van der Waals surface area contributed by atoms with Gasteiger partial charge in [-0.1, -0.05) is 13.8 Å². The van der Waals surface area contributed by atoms with Gasteiger partial charge in [-0.3, -0.25) is 4.79 Å². The molecule has 0 heterocycles. The summed E-state index contributed by atoms with van der Waals surface area (Å²) in [5.74, 6) is 0.656. The Morgan fingerprint density at radius 3 is 2.04 bits per heavy atom. The maximum atomic E-state index is 11.5. The van der Waals surface area contributed by atoms with E-state index in [1.54, 1.807) is 0 Å². The summed E-state index contributed by atoms with van der Waals surface area (Å²) < 4.78 is 21.5. The Bertz CT molecular complexity index is 280. The number of hydrogen-bond acceptors (Lipinski definition) is 5. The summed E-state index contributed by atoms with van der Waals surface area (Å²) in [7, 11) is 0. The van der Waals surface area contributed by atoms with Crippen LogP contribution < -0.4 is 5.32 Å². The first kappa shape index (κ1) is 25.5. The fourth-order valence-electron chi connectivity index (χ4n) is 1.68. The van der Waals surface area contributed by atoms with Crippen molar-refractivity contribution in [3.8, 4) is 0 Å². The van der Waals surface area contributed by atoms with Crippen LogP contribution in [0.1, 0.15) is 40.0 Å². The minimum atomic E-state index is -0.0138. The van der Waals surface area contributed by atoms with E-state index >= 15 is 0 Å². The molecule has 0 saturated heterocycles. The smallest absolute Gasteiger partial charge is 0.222 e. The summed E-state index contributed by atoms with van der Waals surface area (Å²) in [6.07, 6.45) is 4.43. The Labute approximate surface area is 147 Å². The van der Waals surface area contributed by atoms with Gasteiger partial charge >= 0.3 is 0 Å². The fraction of sp³-hybridized carbons (Fsp3) is 0.889. The molecule has 1 N–H and O–H groups in total.